The Balaban J connectivity index is 1.18. The Morgan fingerprint density at radius 2 is 1.96 bits per heavy atom. The Labute approximate surface area is 152 Å². The molecular formula is C19H36N4S. The Bertz CT molecular complexity index is 399. The van der Waals surface area contributed by atoms with E-state index >= 15 is 0 Å². The van der Waals surface area contributed by atoms with Gasteiger partial charge in [0.25, 0.3) is 0 Å². The molecule has 3 heterocycles. The molecule has 1 saturated carbocycles. The first-order valence-electron chi connectivity index (χ1n) is 10.4. The summed E-state index contributed by atoms with van der Waals surface area (Å²) < 4.78 is 0. The number of rotatable bonds is 4. The number of piperidine rings is 1. The lowest BCUT2D eigenvalue weighted by Gasteiger charge is -2.40. The molecule has 5 heteroatoms. The van der Waals surface area contributed by atoms with Gasteiger partial charge in [-0.3, -0.25) is 5.32 Å². The molecule has 1 aliphatic carbocycles. The van der Waals surface area contributed by atoms with E-state index in [0.29, 0.717) is 18.4 Å². The maximum absolute atomic E-state index is 3.86. The van der Waals surface area contributed by atoms with Crippen molar-refractivity contribution >= 4 is 11.8 Å². The fraction of sp³-hybridized carbons (Fsp3) is 1.00. The van der Waals surface area contributed by atoms with Gasteiger partial charge >= 0.3 is 0 Å². The van der Waals surface area contributed by atoms with Crippen molar-refractivity contribution < 1.29 is 0 Å². The van der Waals surface area contributed by atoms with Crippen molar-refractivity contribution in [2.75, 3.05) is 25.4 Å². The van der Waals surface area contributed by atoms with E-state index in [1.807, 2.05) is 0 Å². The highest BCUT2D eigenvalue weighted by molar-refractivity contribution is 8.00. The summed E-state index contributed by atoms with van der Waals surface area (Å²) in [6.07, 6.45) is 10.8. The Morgan fingerprint density at radius 3 is 2.79 bits per heavy atom. The summed E-state index contributed by atoms with van der Waals surface area (Å²) >= 11 is 2.26. The van der Waals surface area contributed by atoms with E-state index in [1.54, 1.807) is 0 Å². The number of hydrogen-bond acceptors (Lipinski definition) is 5. The van der Waals surface area contributed by atoms with Crippen LogP contribution < -0.4 is 21.3 Å². The summed E-state index contributed by atoms with van der Waals surface area (Å²) in [6, 6.07) is 0.662. The normalized spacial score (nSPS) is 46.6. The van der Waals surface area contributed by atoms with Gasteiger partial charge in [0.15, 0.2) is 0 Å². The van der Waals surface area contributed by atoms with Gasteiger partial charge in [0.05, 0.1) is 12.3 Å². The Kier molecular flexibility index (Phi) is 6.05. The average molecular weight is 353 g/mol. The van der Waals surface area contributed by atoms with Crippen LogP contribution in [0, 0.1) is 17.8 Å². The van der Waals surface area contributed by atoms with E-state index < -0.39 is 0 Å². The molecule has 3 saturated heterocycles. The van der Waals surface area contributed by atoms with Crippen LogP contribution in [0.4, 0.5) is 0 Å². The summed E-state index contributed by atoms with van der Waals surface area (Å²) in [7, 11) is 0. The molecule has 4 nitrogen and oxygen atoms in total. The first-order valence-corrected chi connectivity index (χ1v) is 11.4. The average Bonchev–Trinajstić information content (AvgIpc) is 3.04. The van der Waals surface area contributed by atoms with Gasteiger partial charge in [0.2, 0.25) is 0 Å². The summed E-state index contributed by atoms with van der Waals surface area (Å²) in [4.78, 5) is 0. The third-order valence-electron chi connectivity index (χ3n) is 6.84. The first kappa shape index (κ1) is 17.6. The molecular weight excluding hydrogens is 316 g/mol. The number of hydrogen-bond donors (Lipinski definition) is 4. The minimum atomic E-state index is 0.511. The highest BCUT2D eigenvalue weighted by atomic mass is 32.2. The molecule has 0 bridgehead atoms. The van der Waals surface area contributed by atoms with Crippen LogP contribution in [0.3, 0.4) is 0 Å². The second-order valence-electron chi connectivity index (χ2n) is 8.57. The highest BCUT2D eigenvalue weighted by Crippen LogP contribution is 2.45. The predicted molar refractivity (Wildman–Crippen MR) is 103 cm³/mol. The molecule has 4 N–H and O–H groups in total. The highest BCUT2D eigenvalue weighted by Gasteiger charge is 2.38. The fourth-order valence-corrected chi connectivity index (χ4v) is 7.09. The lowest BCUT2D eigenvalue weighted by molar-refractivity contribution is 0.170. The lowest BCUT2D eigenvalue weighted by Crippen LogP contribution is -2.61. The van der Waals surface area contributed by atoms with Crippen molar-refractivity contribution in [1.29, 1.82) is 0 Å². The lowest BCUT2D eigenvalue weighted by atomic mass is 9.80. The Hall–Kier alpha value is 0.190. The molecule has 4 fully saturated rings. The van der Waals surface area contributed by atoms with E-state index in [9.17, 15) is 0 Å². The third-order valence-corrected chi connectivity index (χ3v) is 8.47. The standard InChI is InChI=1S/C19H36N4S/c1-13-8-9-20-19(23-13)14-6-7-18(21-10-14)22-11-15-12-24-17-5-3-2-4-16(15)17/h13-23H,2-12H2,1H3. The summed E-state index contributed by atoms with van der Waals surface area (Å²) in [5.41, 5.74) is 0. The van der Waals surface area contributed by atoms with Crippen LogP contribution in [0.1, 0.15) is 51.9 Å². The monoisotopic (exact) mass is 352 g/mol. The van der Waals surface area contributed by atoms with Crippen molar-refractivity contribution in [1.82, 2.24) is 21.3 Å². The zero-order chi connectivity index (χ0) is 16.4. The van der Waals surface area contributed by atoms with E-state index in [4.69, 9.17) is 0 Å². The predicted octanol–water partition coefficient (Wildman–Crippen LogP) is 2.12. The van der Waals surface area contributed by atoms with Crippen molar-refractivity contribution in [3.8, 4) is 0 Å². The molecule has 0 radical (unpaired) electrons. The molecule has 4 rings (SSSR count). The molecule has 24 heavy (non-hydrogen) atoms. The first-order chi connectivity index (χ1) is 11.8. The molecule has 7 unspecified atom stereocenters. The molecule has 3 aliphatic heterocycles. The third kappa shape index (κ3) is 4.12. The topological polar surface area (TPSA) is 48.1 Å². The van der Waals surface area contributed by atoms with Gasteiger partial charge < -0.3 is 16.0 Å². The van der Waals surface area contributed by atoms with Crippen molar-refractivity contribution in [3.05, 3.63) is 0 Å². The van der Waals surface area contributed by atoms with E-state index in [2.05, 4.69) is 40.0 Å². The van der Waals surface area contributed by atoms with Crippen LogP contribution in [0.15, 0.2) is 0 Å². The van der Waals surface area contributed by atoms with Crippen LogP contribution in [0.2, 0.25) is 0 Å². The summed E-state index contributed by atoms with van der Waals surface area (Å²) in [5.74, 6) is 4.05. The zero-order valence-electron chi connectivity index (χ0n) is 15.2. The largest absolute Gasteiger partial charge is 0.302 e. The second kappa shape index (κ2) is 8.26. The molecule has 0 spiro atoms. The van der Waals surface area contributed by atoms with Gasteiger partial charge in [-0.2, -0.15) is 11.8 Å². The number of fused-ring (bicyclic) bond motifs is 1. The van der Waals surface area contributed by atoms with Gasteiger partial charge in [-0.25, -0.2) is 0 Å². The number of nitrogens with one attached hydrogen (secondary N) is 4. The quantitative estimate of drug-likeness (QED) is 0.624. The molecule has 0 aromatic heterocycles. The molecule has 7 atom stereocenters. The van der Waals surface area contributed by atoms with E-state index in [1.165, 1.54) is 63.8 Å². The van der Waals surface area contributed by atoms with E-state index in [0.717, 1.165) is 29.5 Å². The smallest absolute Gasteiger partial charge is 0.0615 e. The van der Waals surface area contributed by atoms with Crippen molar-refractivity contribution in [2.24, 2.45) is 17.8 Å². The van der Waals surface area contributed by atoms with Gasteiger partial charge in [0.1, 0.15) is 0 Å². The van der Waals surface area contributed by atoms with Crippen LogP contribution in [0.25, 0.3) is 0 Å². The van der Waals surface area contributed by atoms with Gasteiger partial charge in [-0.05, 0) is 63.2 Å². The van der Waals surface area contributed by atoms with Gasteiger partial charge in [-0.1, -0.05) is 12.8 Å². The van der Waals surface area contributed by atoms with Crippen molar-refractivity contribution in [3.63, 3.8) is 0 Å². The molecule has 0 amide bonds. The molecule has 0 aromatic carbocycles. The molecule has 138 valence electrons. The van der Waals surface area contributed by atoms with E-state index in [-0.39, 0.29) is 0 Å². The summed E-state index contributed by atoms with van der Waals surface area (Å²) in [6.45, 7) is 5.85. The van der Waals surface area contributed by atoms with Crippen LogP contribution in [-0.4, -0.2) is 49.0 Å². The number of thioether (sulfide) groups is 1. The minimum Gasteiger partial charge on any atom is -0.302 e. The molecule has 0 aromatic rings. The van der Waals surface area contributed by atoms with Crippen LogP contribution >= 0.6 is 11.8 Å². The zero-order valence-corrected chi connectivity index (χ0v) is 16.0. The fourth-order valence-electron chi connectivity index (χ4n) is 5.29. The van der Waals surface area contributed by atoms with Gasteiger partial charge in [-0.15, -0.1) is 0 Å². The summed E-state index contributed by atoms with van der Waals surface area (Å²) in [5, 5.41) is 16.0. The second-order valence-corrected chi connectivity index (χ2v) is 9.85. The SMILES string of the molecule is CC1CCNC(C2CCC(NCC3CSC4CCCCC34)NC2)N1. The van der Waals surface area contributed by atoms with Crippen molar-refractivity contribution in [2.45, 2.75) is 75.5 Å². The van der Waals surface area contributed by atoms with Gasteiger partial charge in [0, 0.05) is 30.3 Å². The molecule has 4 aliphatic rings. The minimum absolute atomic E-state index is 0.511. The Morgan fingerprint density at radius 1 is 1.04 bits per heavy atom. The van der Waals surface area contributed by atoms with Crippen LogP contribution in [0.5, 0.6) is 0 Å². The maximum Gasteiger partial charge on any atom is 0.0615 e. The maximum atomic E-state index is 3.86. The van der Waals surface area contributed by atoms with Crippen LogP contribution in [-0.2, 0) is 0 Å².